The van der Waals surface area contributed by atoms with Gasteiger partial charge in [-0.1, -0.05) is 40.2 Å². The quantitative estimate of drug-likeness (QED) is 0.762. The minimum Gasteiger partial charge on any atom is -0.309 e. The minimum atomic E-state index is 0.858. The third-order valence-electron chi connectivity index (χ3n) is 3.29. The number of aromatic nitrogens is 2. The molecule has 0 radical (unpaired) electrons. The molecule has 0 saturated heterocycles. The maximum Gasteiger partial charge on any atom is 0.0991 e. The Labute approximate surface area is 132 Å². The summed E-state index contributed by atoms with van der Waals surface area (Å²) >= 11 is 3.49. The van der Waals surface area contributed by atoms with Crippen LogP contribution in [-0.4, -0.2) is 9.55 Å². The summed E-state index contributed by atoms with van der Waals surface area (Å²) in [4.78, 5) is 4.06. The average Bonchev–Trinajstić information content (AvgIpc) is 3.02. The second-order valence-electron chi connectivity index (χ2n) is 4.87. The van der Waals surface area contributed by atoms with Gasteiger partial charge in [0.1, 0.15) is 0 Å². The lowest BCUT2D eigenvalue weighted by Gasteiger charge is -2.07. The Morgan fingerprint density at radius 3 is 2.52 bits per heavy atom. The molecule has 21 heavy (non-hydrogen) atoms. The first kappa shape index (κ1) is 14.0. The highest BCUT2D eigenvalue weighted by atomic mass is 79.9. The third kappa shape index (κ3) is 3.80. The Hall–Kier alpha value is -1.91. The fraction of sp³-hybridized carbons (Fsp3) is 0.118. The Bertz CT molecular complexity index is 690. The van der Waals surface area contributed by atoms with Crippen LogP contribution in [0.4, 0.5) is 0 Å². The Morgan fingerprint density at radius 2 is 1.81 bits per heavy atom. The fourth-order valence-corrected chi connectivity index (χ4v) is 2.64. The zero-order valence-electron chi connectivity index (χ0n) is 11.5. The van der Waals surface area contributed by atoms with Gasteiger partial charge in [0.2, 0.25) is 0 Å². The predicted molar refractivity (Wildman–Crippen MR) is 88.2 cm³/mol. The van der Waals surface area contributed by atoms with E-state index in [-0.39, 0.29) is 0 Å². The number of imidazole rings is 1. The molecule has 0 aliphatic heterocycles. The van der Waals surface area contributed by atoms with Crippen molar-refractivity contribution in [2.45, 2.75) is 13.1 Å². The number of rotatable bonds is 5. The molecule has 0 saturated carbocycles. The standard InChI is InChI=1S/C17H16BrN3/c18-16-3-1-2-15(10-16)12-20-11-14-4-6-17(7-5-14)21-9-8-19-13-21/h1-10,13,20H,11-12H2. The van der Waals surface area contributed by atoms with E-state index in [0.717, 1.165) is 23.2 Å². The molecule has 0 amide bonds. The molecule has 0 aliphatic carbocycles. The van der Waals surface area contributed by atoms with Crippen molar-refractivity contribution >= 4 is 15.9 Å². The van der Waals surface area contributed by atoms with Gasteiger partial charge in [-0.2, -0.15) is 0 Å². The average molecular weight is 342 g/mol. The number of hydrogen-bond donors (Lipinski definition) is 1. The van der Waals surface area contributed by atoms with Crippen LogP contribution < -0.4 is 5.32 Å². The minimum absolute atomic E-state index is 0.858. The molecule has 1 aromatic heterocycles. The van der Waals surface area contributed by atoms with Gasteiger partial charge in [-0.3, -0.25) is 0 Å². The second kappa shape index (κ2) is 6.70. The first-order valence-corrected chi connectivity index (χ1v) is 7.63. The van der Waals surface area contributed by atoms with Gasteiger partial charge < -0.3 is 9.88 Å². The third-order valence-corrected chi connectivity index (χ3v) is 3.78. The largest absolute Gasteiger partial charge is 0.309 e. The van der Waals surface area contributed by atoms with Crippen molar-refractivity contribution in [2.75, 3.05) is 0 Å². The second-order valence-corrected chi connectivity index (χ2v) is 5.79. The molecular weight excluding hydrogens is 326 g/mol. The smallest absolute Gasteiger partial charge is 0.0991 e. The Kier molecular flexibility index (Phi) is 4.48. The van der Waals surface area contributed by atoms with Crippen molar-refractivity contribution in [3.63, 3.8) is 0 Å². The normalized spacial score (nSPS) is 10.7. The molecule has 1 heterocycles. The van der Waals surface area contributed by atoms with Crippen LogP contribution in [0.3, 0.4) is 0 Å². The van der Waals surface area contributed by atoms with Crippen LogP contribution in [0.1, 0.15) is 11.1 Å². The van der Waals surface area contributed by atoms with Crippen LogP contribution >= 0.6 is 15.9 Å². The van der Waals surface area contributed by atoms with E-state index in [1.165, 1.54) is 11.1 Å². The van der Waals surface area contributed by atoms with Crippen molar-refractivity contribution in [1.29, 1.82) is 0 Å². The van der Waals surface area contributed by atoms with E-state index >= 15 is 0 Å². The van der Waals surface area contributed by atoms with Crippen molar-refractivity contribution in [2.24, 2.45) is 0 Å². The highest BCUT2D eigenvalue weighted by Crippen LogP contribution is 2.12. The summed E-state index contributed by atoms with van der Waals surface area (Å²) in [7, 11) is 0. The van der Waals surface area contributed by atoms with Gasteiger partial charge in [0.15, 0.2) is 0 Å². The summed E-state index contributed by atoms with van der Waals surface area (Å²) in [5, 5.41) is 3.46. The van der Waals surface area contributed by atoms with E-state index in [1.807, 2.05) is 16.8 Å². The molecule has 3 nitrogen and oxygen atoms in total. The lowest BCUT2D eigenvalue weighted by Crippen LogP contribution is -2.12. The van der Waals surface area contributed by atoms with E-state index in [2.05, 4.69) is 68.7 Å². The SMILES string of the molecule is Brc1cccc(CNCc2ccc(-n3ccnc3)cc2)c1. The lowest BCUT2D eigenvalue weighted by molar-refractivity contribution is 0.693. The molecule has 3 rings (SSSR count). The molecule has 4 heteroatoms. The lowest BCUT2D eigenvalue weighted by atomic mass is 10.2. The van der Waals surface area contributed by atoms with Crippen LogP contribution in [0.25, 0.3) is 5.69 Å². The molecule has 0 bridgehead atoms. The zero-order valence-corrected chi connectivity index (χ0v) is 13.1. The van der Waals surface area contributed by atoms with Gasteiger partial charge in [0, 0.05) is 35.6 Å². The molecule has 106 valence electrons. The van der Waals surface area contributed by atoms with Crippen LogP contribution in [0.15, 0.2) is 71.7 Å². The van der Waals surface area contributed by atoms with Crippen molar-refractivity contribution in [3.8, 4) is 5.69 Å². The van der Waals surface area contributed by atoms with Crippen LogP contribution in [0.5, 0.6) is 0 Å². The van der Waals surface area contributed by atoms with Crippen molar-refractivity contribution in [1.82, 2.24) is 14.9 Å². The molecule has 3 aromatic rings. The van der Waals surface area contributed by atoms with E-state index in [1.54, 1.807) is 12.5 Å². The summed E-state index contributed by atoms with van der Waals surface area (Å²) in [5.74, 6) is 0. The maximum absolute atomic E-state index is 4.06. The monoisotopic (exact) mass is 341 g/mol. The predicted octanol–water partition coefficient (Wildman–Crippen LogP) is 3.92. The highest BCUT2D eigenvalue weighted by Gasteiger charge is 1.98. The summed E-state index contributed by atoms with van der Waals surface area (Å²) in [6, 6.07) is 16.9. The highest BCUT2D eigenvalue weighted by molar-refractivity contribution is 9.10. The molecule has 1 N–H and O–H groups in total. The molecule has 0 spiro atoms. The maximum atomic E-state index is 4.06. The summed E-state index contributed by atoms with van der Waals surface area (Å²) in [5.41, 5.74) is 3.68. The zero-order chi connectivity index (χ0) is 14.5. The van der Waals surface area contributed by atoms with Gasteiger partial charge in [-0.05, 0) is 35.4 Å². The molecule has 0 fully saturated rings. The first-order chi connectivity index (χ1) is 10.3. The van der Waals surface area contributed by atoms with Gasteiger partial charge in [0.05, 0.1) is 6.33 Å². The van der Waals surface area contributed by atoms with Crippen LogP contribution in [0.2, 0.25) is 0 Å². The van der Waals surface area contributed by atoms with Gasteiger partial charge in [-0.25, -0.2) is 4.98 Å². The Balaban J connectivity index is 1.56. The number of halogens is 1. The molecular formula is C17H16BrN3. The van der Waals surface area contributed by atoms with Crippen molar-refractivity contribution < 1.29 is 0 Å². The summed E-state index contributed by atoms with van der Waals surface area (Å²) in [6.07, 6.45) is 5.54. The topological polar surface area (TPSA) is 29.9 Å². The van der Waals surface area contributed by atoms with Crippen LogP contribution in [-0.2, 0) is 13.1 Å². The molecule has 2 aromatic carbocycles. The van der Waals surface area contributed by atoms with E-state index in [4.69, 9.17) is 0 Å². The molecule has 0 aliphatic rings. The summed E-state index contributed by atoms with van der Waals surface area (Å²) in [6.45, 7) is 1.72. The number of hydrogen-bond acceptors (Lipinski definition) is 2. The Morgan fingerprint density at radius 1 is 1.00 bits per heavy atom. The number of nitrogens with one attached hydrogen (secondary N) is 1. The number of benzene rings is 2. The van der Waals surface area contributed by atoms with E-state index in [9.17, 15) is 0 Å². The molecule has 0 atom stereocenters. The van der Waals surface area contributed by atoms with Crippen molar-refractivity contribution in [3.05, 3.63) is 82.9 Å². The summed E-state index contributed by atoms with van der Waals surface area (Å²) < 4.78 is 3.12. The van der Waals surface area contributed by atoms with Gasteiger partial charge in [0.25, 0.3) is 0 Å². The van der Waals surface area contributed by atoms with Crippen LogP contribution in [0, 0.1) is 0 Å². The van der Waals surface area contributed by atoms with E-state index < -0.39 is 0 Å². The molecule has 0 unspecified atom stereocenters. The van der Waals surface area contributed by atoms with E-state index in [0.29, 0.717) is 0 Å². The first-order valence-electron chi connectivity index (χ1n) is 6.84. The number of nitrogens with zero attached hydrogens (tertiary/aromatic N) is 2. The van der Waals surface area contributed by atoms with Gasteiger partial charge >= 0.3 is 0 Å². The fourth-order valence-electron chi connectivity index (χ4n) is 2.20. The van der Waals surface area contributed by atoms with Gasteiger partial charge in [-0.15, -0.1) is 0 Å².